The van der Waals surface area contributed by atoms with Gasteiger partial charge in [-0.2, -0.15) is 4.39 Å². The van der Waals surface area contributed by atoms with Crippen molar-refractivity contribution in [2.45, 2.75) is 26.3 Å². The Bertz CT molecular complexity index is 870. The molecule has 0 atom stereocenters. The number of hydrogen-bond acceptors (Lipinski definition) is 5. The molecule has 0 radical (unpaired) electrons. The number of carbonyl (C=O) groups is 1. The second-order valence-electron chi connectivity index (χ2n) is 6.24. The number of carbonyl (C=O) groups excluding carboxylic acids is 1. The maximum Gasteiger partial charge on any atom is 0.254 e. The Labute approximate surface area is 154 Å². The van der Waals surface area contributed by atoms with E-state index in [1.807, 2.05) is 6.92 Å². The molecule has 1 saturated heterocycles. The molecule has 2 aromatic rings. The number of nitrogens with one attached hydrogen (secondary N) is 1. The molecule has 27 heavy (non-hydrogen) atoms. The minimum absolute atomic E-state index is 0.0101. The van der Waals surface area contributed by atoms with Crippen LogP contribution in [0.3, 0.4) is 0 Å². The van der Waals surface area contributed by atoms with Crippen molar-refractivity contribution in [3.8, 4) is 5.75 Å². The summed E-state index contributed by atoms with van der Waals surface area (Å²) in [5.74, 6) is -5.36. The topological polar surface area (TPSA) is 67.3 Å². The van der Waals surface area contributed by atoms with E-state index in [2.05, 4.69) is 24.9 Å². The van der Waals surface area contributed by atoms with E-state index in [4.69, 9.17) is 0 Å². The first-order chi connectivity index (χ1) is 12.9. The predicted molar refractivity (Wildman–Crippen MR) is 92.3 cm³/mol. The highest BCUT2D eigenvalue weighted by Gasteiger charge is 2.24. The summed E-state index contributed by atoms with van der Waals surface area (Å²) in [6, 6.07) is 2.20. The molecule has 0 unspecified atom stereocenters. The van der Waals surface area contributed by atoms with E-state index in [0.717, 1.165) is 38.7 Å². The average molecular weight is 380 g/mol. The number of aromatic nitrogens is 2. The Kier molecular flexibility index (Phi) is 5.48. The van der Waals surface area contributed by atoms with Crippen LogP contribution in [-0.4, -0.2) is 36.1 Å². The van der Waals surface area contributed by atoms with Gasteiger partial charge in [-0.15, -0.1) is 0 Å². The Morgan fingerprint density at radius 1 is 1.19 bits per heavy atom. The zero-order chi connectivity index (χ0) is 19.6. The number of nitrogens with zero attached hydrogens (tertiary/aromatic N) is 3. The Morgan fingerprint density at radius 2 is 1.89 bits per heavy atom. The highest BCUT2D eigenvalue weighted by molar-refractivity contribution is 5.94. The van der Waals surface area contributed by atoms with Gasteiger partial charge in [0.25, 0.3) is 5.91 Å². The van der Waals surface area contributed by atoms with Crippen LogP contribution in [0.2, 0.25) is 0 Å². The normalized spacial score (nSPS) is 13.7. The van der Waals surface area contributed by atoms with E-state index in [0.29, 0.717) is 17.7 Å². The fourth-order valence-electron chi connectivity index (χ4n) is 2.96. The van der Waals surface area contributed by atoms with Gasteiger partial charge in [-0.1, -0.05) is 0 Å². The van der Waals surface area contributed by atoms with Crippen LogP contribution in [0.15, 0.2) is 12.1 Å². The first-order valence-corrected chi connectivity index (χ1v) is 8.50. The van der Waals surface area contributed by atoms with Gasteiger partial charge in [0.1, 0.15) is 0 Å². The molecule has 144 valence electrons. The van der Waals surface area contributed by atoms with Crippen LogP contribution in [0.1, 0.15) is 34.6 Å². The summed E-state index contributed by atoms with van der Waals surface area (Å²) in [5.41, 5.74) is 0.626. The van der Waals surface area contributed by atoms with Gasteiger partial charge in [-0.25, -0.2) is 18.7 Å². The van der Waals surface area contributed by atoms with Crippen LogP contribution in [0.4, 0.5) is 19.1 Å². The quantitative estimate of drug-likeness (QED) is 0.808. The van der Waals surface area contributed by atoms with E-state index in [-0.39, 0.29) is 6.54 Å². The number of amides is 1. The standard InChI is InChI=1S/C18H19F3N4O2/c1-10-7-11(24-18(23-10)25-5-3-4-6-25)9-22-17(26)12-8-13(19)15(21)16(27-2)14(12)20/h7-8H,3-6,9H2,1-2H3,(H,22,26). The molecule has 1 aliphatic heterocycles. The predicted octanol–water partition coefficient (Wildman–Crippen LogP) is 2.74. The van der Waals surface area contributed by atoms with Crippen LogP contribution >= 0.6 is 0 Å². The molecular weight excluding hydrogens is 361 g/mol. The average Bonchev–Trinajstić information content (AvgIpc) is 3.17. The molecule has 3 rings (SSSR count). The van der Waals surface area contributed by atoms with E-state index >= 15 is 0 Å². The minimum Gasteiger partial charge on any atom is -0.491 e. The molecule has 0 saturated carbocycles. The minimum atomic E-state index is -1.48. The molecule has 1 amide bonds. The fraction of sp³-hybridized carbons (Fsp3) is 0.389. The molecule has 2 heterocycles. The van der Waals surface area contributed by atoms with Gasteiger partial charge in [-0.3, -0.25) is 4.79 Å². The van der Waals surface area contributed by atoms with Gasteiger partial charge in [0.2, 0.25) is 11.8 Å². The molecule has 0 bridgehead atoms. The van der Waals surface area contributed by atoms with Gasteiger partial charge in [0.15, 0.2) is 17.4 Å². The smallest absolute Gasteiger partial charge is 0.254 e. The number of anilines is 1. The molecule has 9 heteroatoms. The summed E-state index contributed by atoms with van der Waals surface area (Å²) in [5, 5.41) is 2.47. The van der Waals surface area contributed by atoms with E-state index in [1.165, 1.54) is 0 Å². The van der Waals surface area contributed by atoms with Gasteiger partial charge in [-0.05, 0) is 31.9 Å². The van der Waals surface area contributed by atoms with Gasteiger partial charge in [0, 0.05) is 18.8 Å². The van der Waals surface area contributed by atoms with Crippen molar-refractivity contribution in [1.82, 2.24) is 15.3 Å². The van der Waals surface area contributed by atoms with E-state index in [1.54, 1.807) is 6.07 Å². The summed E-state index contributed by atoms with van der Waals surface area (Å²) >= 11 is 0. The van der Waals surface area contributed by atoms with Crippen LogP contribution < -0.4 is 15.0 Å². The molecule has 1 aromatic heterocycles. The fourth-order valence-corrected chi connectivity index (χ4v) is 2.96. The second-order valence-corrected chi connectivity index (χ2v) is 6.24. The van der Waals surface area contributed by atoms with Crippen LogP contribution in [0.25, 0.3) is 0 Å². The van der Waals surface area contributed by atoms with E-state index < -0.39 is 34.7 Å². The molecule has 1 N–H and O–H groups in total. The SMILES string of the molecule is COc1c(F)c(F)cc(C(=O)NCc2cc(C)nc(N3CCCC3)n2)c1F. The van der Waals surface area contributed by atoms with Crippen LogP contribution in [0.5, 0.6) is 5.75 Å². The Hall–Kier alpha value is -2.84. The third-order valence-corrected chi connectivity index (χ3v) is 4.28. The lowest BCUT2D eigenvalue weighted by molar-refractivity contribution is 0.0944. The summed E-state index contributed by atoms with van der Waals surface area (Å²) < 4.78 is 45.8. The van der Waals surface area contributed by atoms with Gasteiger partial charge in [0.05, 0.1) is 24.9 Å². The summed E-state index contributed by atoms with van der Waals surface area (Å²) in [6.45, 7) is 3.54. The van der Waals surface area contributed by atoms with Crippen molar-refractivity contribution >= 4 is 11.9 Å². The Balaban J connectivity index is 1.77. The first-order valence-electron chi connectivity index (χ1n) is 8.50. The number of aryl methyl sites for hydroxylation is 1. The highest BCUT2D eigenvalue weighted by Crippen LogP contribution is 2.27. The summed E-state index contributed by atoms with van der Waals surface area (Å²) in [7, 11) is 0.992. The molecule has 6 nitrogen and oxygen atoms in total. The van der Waals surface area contributed by atoms with Crippen molar-refractivity contribution < 1.29 is 22.7 Å². The number of rotatable bonds is 5. The molecule has 0 aliphatic carbocycles. The third-order valence-electron chi connectivity index (χ3n) is 4.28. The Morgan fingerprint density at radius 3 is 2.56 bits per heavy atom. The lowest BCUT2D eigenvalue weighted by Crippen LogP contribution is -2.26. The number of ether oxygens (including phenoxy) is 1. The molecule has 1 aliphatic rings. The number of halogens is 3. The summed E-state index contributed by atoms with van der Waals surface area (Å²) in [4.78, 5) is 23.1. The van der Waals surface area contributed by atoms with Crippen molar-refractivity contribution in [3.05, 3.63) is 46.5 Å². The molecule has 1 fully saturated rings. The van der Waals surface area contributed by atoms with Gasteiger partial charge < -0.3 is 15.0 Å². The maximum atomic E-state index is 14.2. The summed E-state index contributed by atoms with van der Waals surface area (Å²) in [6.07, 6.45) is 2.14. The van der Waals surface area contributed by atoms with Crippen molar-refractivity contribution in [1.29, 1.82) is 0 Å². The zero-order valence-electron chi connectivity index (χ0n) is 15.0. The lowest BCUT2D eigenvalue weighted by Gasteiger charge is -2.16. The third kappa shape index (κ3) is 3.96. The van der Waals surface area contributed by atoms with Crippen LogP contribution in [0, 0.1) is 24.4 Å². The van der Waals surface area contributed by atoms with Crippen molar-refractivity contribution in [2.24, 2.45) is 0 Å². The monoisotopic (exact) mass is 380 g/mol. The van der Waals surface area contributed by atoms with Crippen LogP contribution in [-0.2, 0) is 6.54 Å². The molecule has 1 aromatic carbocycles. The maximum absolute atomic E-state index is 14.2. The van der Waals surface area contributed by atoms with Crippen molar-refractivity contribution in [2.75, 3.05) is 25.1 Å². The second kappa shape index (κ2) is 7.81. The first kappa shape index (κ1) is 18.9. The molecule has 0 spiro atoms. The zero-order valence-corrected chi connectivity index (χ0v) is 15.0. The molecular formula is C18H19F3N4O2. The highest BCUT2D eigenvalue weighted by atomic mass is 19.2. The lowest BCUT2D eigenvalue weighted by atomic mass is 10.1. The number of methoxy groups -OCH3 is 1. The number of benzene rings is 1. The van der Waals surface area contributed by atoms with E-state index in [9.17, 15) is 18.0 Å². The van der Waals surface area contributed by atoms with Crippen molar-refractivity contribution in [3.63, 3.8) is 0 Å². The number of hydrogen-bond donors (Lipinski definition) is 1. The largest absolute Gasteiger partial charge is 0.491 e. The van der Waals surface area contributed by atoms with Gasteiger partial charge >= 0.3 is 0 Å².